The number of aliphatic hydroxyl groups is 1. The quantitative estimate of drug-likeness (QED) is 0.428. The van der Waals surface area contributed by atoms with Crippen molar-refractivity contribution in [1.82, 2.24) is 19.7 Å². The fourth-order valence-electron chi connectivity index (χ4n) is 4.68. The van der Waals surface area contributed by atoms with Gasteiger partial charge in [-0.25, -0.2) is 14.6 Å². The molecule has 2 aromatic heterocycles. The van der Waals surface area contributed by atoms with Crippen molar-refractivity contribution in [2.24, 2.45) is 5.73 Å². The average molecular weight is 514 g/mol. The molecule has 9 nitrogen and oxygen atoms in total. The lowest BCUT2D eigenvalue weighted by molar-refractivity contribution is -0.309. The van der Waals surface area contributed by atoms with E-state index in [0.717, 1.165) is 20.8 Å². The molecule has 0 bridgehead atoms. The number of aryl methyl sites for hydroxylation is 2. The second kappa shape index (κ2) is 8.90. The standard InChI is InChI=1S/C24H24ClN5O4S/c1-11-27-23(30(29-11)14-8-15(25)19-17(9-14)35-12(2)28-19)22-20(31)18(26)21-16(33-22)10-32-24(34-21)13-6-4-3-5-7-13/h3-9,16,18,20-22,24,31H,10,26H2,1-2H3/t16?,18?,20?,21-,22+,24?/m0/s1. The van der Waals surface area contributed by atoms with Gasteiger partial charge in [-0.3, -0.25) is 0 Å². The summed E-state index contributed by atoms with van der Waals surface area (Å²) in [5.41, 5.74) is 8.84. The number of aromatic nitrogens is 4. The third-order valence-electron chi connectivity index (χ3n) is 6.31. The summed E-state index contributed by atoms with van der Waals surface area (Å²) in [5, 5.41) is 17.2. The predicted octanol–water partition coefficient (Wildman–Crippen LogP) is 3.39. The summed E-state index contributed by atoms with van der Waals surface area (Å²) in [6.07, 6.45) is -3.48. The number of rotatable bonds is 3. The molecule has 2 fully saturated rings. The van der Waals surface area contributed by atoms with Gasteiger partial charge in [-0.1, -0.05) is 41.9 Å². The number of nitrogens with zero attached hydrogens (tertiary/aromatic N) is 4. The van der Waals surface area contributed by atoms with E-state index < -0.39 is 36.7 Å². The van der Waals surface area contributed by atoms with E-state index in [1.807, 2.05) is 43.3 Å². The molecule has 2 saturated heterocycles. The first-order valence-electron chi connectivity index (χ1n) is 11.3. The molecular formula is C24H24ClN5O4S. The number of halogens is 1. The molecule has 2 aliphatic heterocycles. The van der Waals surface area contributed by atoms with Crippen LogP contribution in [0.1, 0.15) is 34.6 Å². The minimum atomic E-state index is -1.07. The highest BCUT2D eigenvalue weighted by atomic mass is 35.5. The Bertz CT molecular complexity index is 1380. The van der Waals surface area contributed by atoms with Gasteiger partial charge >= 0.3 is 0 Å². The van der Waals surface area contributed by atoms with Gasteiger partial charge in [0.25, 0.3) is 0 Å². The molecule has 0 spiro atoms. The third-order valence-corrected chi connectivity index (χ3v) is 7.52. The molecular weight excluding hydrogens is 490 g/mol. The highest BCUT2D eigenvalue weighted by Gasteiger charge is 2.49. The smallest absolute Gasteiger partial charge is 0.184 e. The minimum Gasteiger partial charge on any atom is -0.388 e. The first-order valence-corrected chi connectivity index (χ1v) is 12.5. The third kappa shape index (κ3) is 4.05. The maximum Gasteiger partial charge on any atom is 0.184 e. The van der Waals surface area contributed by atoms with Gasteiger partial charge in [-0.2, -0.15) is 5.10 Å². The van der Waals surface area contributed by atoms with Gasteiger partial charge in [0.05, 0.1) is 33.1 Å². The second-order valence-corrected chi connectivity index (χ2v) is 10.4. The number of hydrogen-bond donors (Lipinski definition) is 2. The molecule has 35 heavy (non-hydrogen) atoms. The predicted molar refractivity (Wildman–Crippen MR) is 131 cm³/mol. The van der Waals surface area contributed by atoms with E-state index in [0.29, 0.717) is 22.4 Å². The Morgan fingerprint density at radius 3 is 2.74 bits per heavy atom. The molecule has 6 rings (SSSR count). The molecule has 0 amide bonds. The van der Waals surface area contributed by atoms with Gasteiger partial charge in [0.2, 0.25) is 0 Å². The molecule has 11 heteroatoms. The van der Waals surface area contributed by atoms with Gasteiger partial charge in [-0.05, 0) is 26.0 Å². The van der Waals surface area contributed by atoms with E-state index in [9.17, 15) is 5.11 Å². The highest BCUT2D eigenvalue weighted by Crippen LogP contribution is 2.39. The van der Waals surface area contributed by atoms with Crippen molar-refractivity contribution in [2.45, 2.75) is 50.6 Å². The van der Waals surface area contributed by atoms with Crippen LogP contribution in [0.4, 0.5) is 0 Å². The molecule has 3 N–H and O–H groups in total. The van der Waals surface area contributed by atoms with Crippen LogP contribution in [0, 0.1) is 13.8 Å². The van der Waals surface area contributed by atoms with Crippen molar-refractivity contribution in [2.75, 3.05) is 6.61 Å². The Kier molecular flexibility index (Phi) is 5.84. The van der Waals surface area contributed by atoms with Crippen molar-refractivity contribution in [1.29, 1.82) is 0 Å². The van der Waals surface area contributed by atoms with Crippen LogP contribution in [-0.4, -0.2) is 55.8 Å². The number of fused-ring (bicyclic) bond motifs is 2. The summed E-state index contributed by atoms with van der Waals surface area (Å²) in [6, 6.07) is 12.7. The average Bonchev–Trinajstić information content (AvgIpc) is 3.43. The maximum absolute atomic E-state index is 11.2. The molecule has 0 radical (unpaired) electrons. The van der Waals surface area contributed by atoms with Crippen molar-refractivity contribution in [3.8, 4) is 5.69 Å². The number of aliphatic hydroxyl groups excluding tert-OH is 1. The minimum absolute atomic E-state index is 0.270. The molecule has 182 valence electrons. The number of benzene rings is 2. The van der Waals surface area contributed by atoms with Crippen LogP contribution in [0.2, 0.25) is 5.02 Å². The van der Waals surface area contributed by atoms with E-state index >= 15 is 0 Å². The number of nitrogens with two attached hydrogens (primary N) is 1. The van der Waals surface area contributed by atoms with Crippen molar-refractivity contribution in [3.05, 3.63) is 69.7 Å². The van der Waals surface area contributed by atoms with Crippen LogP contribution in [0.3, 0.4) is 0 Å². The van der Waals surface area contributed by atoms with Crippen LogP contribution >= 0.6 is 22.9 Å². The Hall–Kier alpha value is -2.44. The van der Waals surface area contributed by atoms with Crippen LogP contribution in [0.25, 0.3) is 15.9 Å². The zero-order valence-electron chi connectivity index (χ0n) is 19.0. The first-order chi connectivity index (χ1) is 16.9. The lowest BCUT2D eigenvalue weighted by Gasteiger charge is -2.46. The topological polar surface area (TPSA) is 118 Å². The monoisotopic (exact) mass is 513 g/mol. The Morgan fingerprint density at radius 2 is 1.94 bits per heavy atom. The summed E-state index contributed by atoms with van der Waals surface area (Å²) in [5.74, 6) is 0.967. The molecule has 4 heterocycles. The van der Waals surface area contributed by atoms with Crippen molar-refractivity contribution in [3.63, 3.8) is 0 Å². The molecule has 2 aliphatic rings. The van der Waals surface area contributed by atoms with Gasteiger partial charge in [-0.15, -0.1) is 11.3 Å². The number of hydrogen-bond acceptors (Lipinski definition) is 9. The van der Waals surface area contributed by atoms with Gasteiger partial charge in [0, 0.05) is 5.56 Å². The highest BCUT2D eigenvalue weighted by molar-refractivity contribution is 7.18. The molecule has 0 saturated carbocycles. The van der Waals surface area contributed by atoms with Gasteiger partial charge in [0.1, 0.15) is 35.8 Å². The second-order valence-electron chi connectivity index (χ2n) is 8.78. The SMILES string of the molecule is Cc1nc([C@@H]2OC3COC(c4ccccc4)O[C@@H]3C(N)C2O)n(-c2cc(Cl)c3nc(C)sc3c2)n1. The summed E-state index contributed by atoms with van der Waals surface area (Å²) < 4.78 is 20.9. The normalized spacial score (nSPS) is 28.8. The molecule has 2 aromatic carbocycles. The largest absolute Gasteiger partial charge is 0.388 e. The van der Waals surface area contributed by atoms with Crippen LogP contribution in [0.15, 0.2) is 42.5 Å². The maximum atomic E-state index is 11.2. The first kappa shape index (κ1) is 23.0. The Morgan fingerprint density at radius 1 is 1.14 bits per heavy atom. The summed E-state index contributed by atoms with van der Waals surface area (Å²) in [6.45, 7) is 3.99. The number of ether oxygens (including phenoxy) is 3. The van der Waals surface area contributed by atoms with Crippen LogP contribution in [0.5, 0.6) is 0 Å². The van der Waals surface area contributed by atoms with E-state index in [2.05, 4.69) is 15.1 Å². The van der Waals surface area contributed by atoms with E-state index in [1.54, 1.807) is 29.0 Å². The molecule has 0 aliphatic carbocycles. The summed E-state index contributed by atoms with van der Waals surface area (Å²) in [7, 11) is 0. The van der Waals surface area contributed by atoms with Crippen molar-refractivity contribution < 1.29 is 19.3 Å². The molecule has 4 unspecified atom stereocenters. The number of thiazole rings is 1. The molecule has 6 atom stereocenters. The lowest BCUT2D eigenvalue weighted by atomic mass is 9.92. The van der Waals surface area contributed by atoms with Crippen molar-refractivity contribution >= 4 is 33.2 Å². The zero-order chi connectivity index (χ0) is 24.3. The fraction of sp³-hybridized carbons (Fsp3) is 0.375. The van der Waals surface area contributed by atoms with E-state index in [1.165, 1.54) is 0 Å². The van der Waals surface area contributed by atoms with Crippen LogP contribution in [-0.2, 0) is 14.2 Å². The summed E-state index contributed by atoms with van der Waals surface area (Å²) >= 11 is 8.07. The van der Waals surface area contributed by atoms with Gasteiger partial charge < -0.3 is 25.1 Å². The van der Waals surface area contributed by atoms with E-state index in [4.69, 9.17) is 31.5 Å². The Balaban J connectivity index is 1.31. The Labute approximate surface area is 210 Å². The summed E-state index contributed by atoms with van der Waals surface area (Å²) in [4.78, 5) is 9.08. The van der Waals surface area contributed by atoms with Crippen LogP contribution < -0.4 is 5.73 Å². The lowest BCUT2D eigenvalue weighted by Crippen LogP contribution is -2.62. The molecule has 4 aromatic rings. The van der Waals surface area contributed by atoms with E-state index in [-0.39, 0.29) is 6.61 Å². The fourth-order valence-corrected chi connectivity index (χ4v) is 5.88. The van der Waals surface area contributed by atoms with Gasteiger partial charge in [0.15, 0.2) is 12.1 Å². The zero-order valence-corrected chi connectivity index (χ0v) is 20.6.